The number of nitrogens with zero attached hydrogens (tertiary/aromatic N) is 6. The molecule has 0 radical (unpaired) electrons. The first-order valence-corrected chi connectivity index (χ1v) is 11.6. The van der Waals surface area contributed by atoms with E-state index in [-0.39, 0.29) is 11.4 Å². The van der Waals surface area contributed by atoms with Crippen molar-refractivity contribution in [2.75, 3.05) is 53.7 Å². The number of nitrogen functional groups attached to an aromatic ring is 1. The highest BCUT2D eigenvalue weighted by Gasteiger charge is 2.14. The van der Waals surface area contributed by atoms with Crippen molar-refractivity contribution in [3.63, 3.8) is 0 Å². The predicted molar refractivity (Wildman–Crippen MR) is 131 cm³/mol. The zero-order chi connectivity index (χ0) is 25.8. The molecule has 3 heterocycles. The molecule has 35 heavy (non-hydrogen) atoms. The van der Waals surface area contributed by atoms with Gasteiger partial charge in [-0.25, -0.2) is 10.2 Å². The molecule has 1 amide bonds. The topological polar surface area (TPSA) is 191 Å². The summed E-state index contributed by atoms with van der Waals surface area (Å²) in [5.41, 5.74) is 10.2. The van der Waals surface area contributed by atoms with Crippen LogP contribution in [0, 0.1) is 5.41 Å². The van der Waals surface area contributed by atoms with Crippen LogP contribution in [0.4, 0.5) is 28.1 Å². The molecule has 0 saturated carbocycles. The van der Waals surface area contributed by atoms with Gasteiger partial charge in [0.25, 0.3) is 5.62 Å². The highest BCUT2D eigenvalue weighted by Crippen LogP contribution is 2.17. The summed E-state index contributed by atoms with van der Waals surface area (Å²) in [5, 5.41) is 34.0. The van der Waals surface area contributed by atoms with Crippen molar-refractivity contribution in [3.8, 4) is 0 Å². The third-order valence-electron chi connectivity index (χ3n) is 5.03. The molecule has 1 unspecified atom stereocenters. The Balaban J connectivity index is 0.000000256. The highest BCUT2D eigenvalue weighted by molar-refractivity contribution is 5.68. The Labute approximate surface area is 204 Å². The zero-order valence-electron chi connectivity index (χ0n) is 20.4. The van der Waals surface area contributed by atoms with Crippen molar-refractivity contribution >= 4 is 29.4 Å². The average molecular weight is 493 g/mol. The number of anilines is 4. The lowest BCUT2D eigenvalue weighted by Gasteiger charge is -2.27. The van der Waals surface area contributed by atoms with Crippen molar-refractivity contribution in [1.29, 1.82) is 5.41 Å². The third-order valence-corrected chi connectivity index (χ3v) is 5.03. The van der Waals surface area contributed by atoms with Gasteiger partial charge in [0.05, 0.1) is 12.7 Å². The maximum absolute atomic E-state index is 11.1. The molecule has 1 aliphatic heterocycles. The van der Waals surface area contributed by atoms with Gasteiger partial charge in [0.15, 0.2) is 11.6 Å². The molecule has 14 heteroatoms. The summed E-state index contributed by atoms with van der Waals surface area (Å²) in [6.07, 6.45) is 2.50. The van der Waals surface area contributed by atoms with E-state index < -0.39 is 12.2 Å². The van der Waals surface area contributed by atoms with Gasteiger partial charge < -0.3 is 30.6 Å². The molecule has 0 bridgehead atoms. The smallest absolute Gasteiger partial charge is 0.425 e. The molecular formula is C21H36N10O4. The number of likely N-dealkylation sites (N-methyl/N-ethyl adjacent to an activating group) is 1. The summed E-state index contributed by atoms with van der Waals surface area (Å²) in [7, 11) is 0. The van der Waals surface area contributed by atoms with Crippen LogP contribution < -0.4 is 32.0 Å². The molecule has 0 aromatic carbocycles. The van der Waals surface area contributed by atoms with E-state index in [0.29, 0.717) is 41.9 Å². The highest BCUT2D eigenvalue weighted by atomic mass is 16.5. The number of hydrogen-bond acceptors (Lipinski definition) is 12. The van der Waals surface area contributed by atoms with Gasteiger partial charge in [0.1, 0.15) is 11.6 Å². The van der Waals surface area contributed by atoms with Gasteiger partial charge in [0, 0.05) is 32.2 Å². The van der Waals surface area contributed by atoms with Crippen LogP contribution in [-0.4, -0.2) is 75.2 Å². The minimum absolute atomic E-state index is 0.149. The minimum atomic E-state index is -0.581. The van der Waals surface area contributed by atoms with E-state index in [1.165, 1.54) is 6.42 Å². The maximum Gasteiger partial charge on any atom is 0.425 e. The number of hydrazine groups is 1. The van der Waals surface area contributed by atoms with Crippen molar-refractivity contribution < 1.29 is 19.8 Å². The summed E-state index contributed by atoms with van der Waals surface area (Å²) in [6.45, 7) is 8.79. The van der Waals surface area contributed by atoms with Gasteiger partial charge in [0.2, 0.25) is 0 Å². The van der Waals surface area contributed by atoms with Crippen LogP contribution in [-0.2, 0) is 4.74 Å². The van der Waals surface area contributed by atoms with E-state index >= 15 is 0 Å². The molecule has 7 N–H and O–H groups in total. The Bertz CT molecular complexity index is 977. The largest absolute Gasteiger partial charge is 0.449 e. The summed E-state index contributed by atoms with van der Waals surface area (Å²) in [6, 6.07) is 5.04. The van der Waals surface area contributed by atoms with E-state index in [4.69, 9.17) is 11.1 Å². The SMILES string of the molecule is CCOC(=O)NNc1ccc(N(CC)CC(C)O)nn1.N=c1nc(N2CCCCC2)cc(N)n1O. The fourth-order valence-electron chi connectivity index (χ4n) is 3.34. The maximum atomic E-state index is 11.1. The Hall–Kier alpha value is -3.81. The van der Waals surface area contributed by atoms with Crippen LogP contribution in [0.5, 0.6) is 0 Å². The van der Waals surface area contributed by atoms with Crippen LogP contribution in [0.1, 0.15) is 40.0 Å². The molecule has 2 aromatic heterocycles. The van der Waals surface area contributed by atoms with Crippen LogP contribution in [0.15, 0.2) is 18.2 Å². The number of nitrogens with one attached hydrogen (secondary N) is 3. The number of aliphatic hydroxyl groups excluding tert-OH is 1. The number of ether oxygens (including phenoxy) is 1. The molecule has 0 spiro atoms. The molecule has 1 fully saturated rings. The van der Waals surface area contributed by atoms with Gasteiger partial charge in [-0.05, 0) is 52.2 Å². The zero-order valence-corrected chi connectivity index (χ0v) is 20.4. The molecule has 1 atom stereocenters. The van der Waals surface area contributed by atoms with Crippen molar-refractivity contribution in [3.05, 3.63) is 23.8 Å². The number of rotatable bonds is 8. The summed E-state index contributed by atoms with van der Waals surface area (Å²) in [4.78, 5) is 19.1. The number of nitrogens with two attached hydrogens (primary N) is 1. The average Bonchev–Trinajstić information content (AvgIpc) is 2.85. The lowest BCUT2D eigenvalue weighted by molar-refractivity contribution is 0.154. The number of amides is 1. The Morgan fingerprint density at radius 3 is 2.54 bits per heavy atom. The number of hydrogen-bond donors (Lipinski definition) is 6. The van der Waals surface area contributed by atoms with E-state index in [0.717, 1.165) is 25.9 Å². The first-order chi connectivity index (χ1) is 16.7. The van der Waals surface area contributed by atoms with Gasteiger partial charge >= 0.3 is 6.09 Å². The van der Waals surface area contributed by atoms with Gasteiger partial charge in [-0.1, -0.05) is 0 Å². The molecule has 194 valence electrons. The second-order valence-electron chi connectivity index (χ2n) is 7.86. The molecule has 1 saturated heterocycles. The third kappa shape index (κ3) is 8.81. The number of aromatic nitrogens is 4. The van der Waals surface area contributed by atoms with Crippen molar-refractivity contribution in [2.45, 2.75) is 46.1 Å². The van der Waals surface area contributed by atoms with E-state index in [9.17, 15) is 15.1 Å². The minimum Gasteiger partial charge on any atom is -0.449 e. The lowest BCUT2D eigenvalue weighted by atomic mass is 10.1. The number of carbonyl (C=O) groups excluding carboxylic acids is 1. The number of piperidine rings is 1. The molecule has 14 nitrogen and oxygen atoms in total. The molecule has 2 aromatic rings. The molecule has 0 aliphatic carbocycles. The monoisotopic (exact) mass is 492 g/mol. The van der Waals surface area contributed by atoms with Crippen LogP contribution in [0.2, 0.25) is 0 Å². The summed E-state index contributed by atoms with van der Waals surface area (Å²) >= 11 is 0. The van der Waals surface area contributed by atoms with E-state index in [1.54, 1.807) is 32.0 Å². The summed E-state index contributed by atoms with van der Waals surface area (Å²) in [5.74, 6) is 1.89. The van der Waals surface area contributed by atoms with Crippen molar-refractivity contribution in [1.82, 2.24) is 25.3 Å². The van der Waals surface area contributed by atoms with Gasteiger partial charge in [-0.2, -0.15) is 4.98 Å². The van der Waals surface area contributed by atoms with Crippen molar-refractivity contribution in [2.24, 2.45) is 0 Å². The predicted octanol–water partition coefficient (Wildman–Crippen LogP) is 0.929. The summed E-state index contributed by atoms with van der Waals surface area (Å²) < 4.78 is 5.27. The second-order valence-corrected chi connectivity index (χ2v) is 7.86. The van der Waals surface area contributed by atoms with Crippen LogP contribution in [0.3, 0.4) is 0 Å². The Morgan fingerprint density at radius 1 is 1.29 bits per heavy atom. The first-order valence-electron chi connectivity index (χ1n) is 11.6. The fourth-order valence-corrected chi connectivity index (χ4v) is 3.34. The molecule has 1 aliphatic rings. The van der Waals surface area contributed by atoms with E-state index in [2.05, 4.69) is 35.7 Å². The van der Waals surface area contributed by atoms with Crippen LogP contribution in [0.25, 0.3) is 0 Å². The van der Waals surface area contributed by atoms with Gasteiger partial charge in [-0.15, -0.1) is 14.9 Å². The van der Waals surface area contributed by atoms with Crippen LogP contribution >= 0.6 is 0 Å². The normalized spacial score (nSPS) is 13.8. The Kier molecular flexibility index (Phi) is 10.8. The number of aliphatic hydroxyl groups is 1. The second kappa shape index (κ2) is 13.8. The standard InChI is InChI=1S/C12H21N5O3.C9H15N5O/c1-4-17(8-9(3)18)11-7-6-10(13-15-11)14-16-12(19)20-5-2;10-7-6-8(12-9(11)14(7)15)13-4-2-1-3-5-13/h6-7,9,18H,4-5,8H2,1-3H3,(H,13,14)(H,16,19);6,11,15H,1-5,10H2. The number of carbonyl (C=O) groups is 1. The van der Waals surface area contributed by atoms with Gasteiger partial charge in [-0.3, -0.25) is 10.8 Å². The first kappa shape index (κ1) is 27.4. The Morgan fingerprint density at radius 2 is 2.00 bits per heavy atom. The fraction of sp³-hybridized carbons (Fsp3) is 0.571. The lowest BCUT2D eigenvalue weighted by Crippen LogP contribution is -2.33. The quantitative estimate of drug-likeness (QED) is 0.227. The molecular weight excluding hydrogens is 456 g/mol. The molecule has 3 rings (SSSR count). The van der Waals surface area contributed by atoms with E-state index in [1.807, 2.05) is 11.8 Å².